The van der Waals surface area contributed by atoms with Gasteiger partial charge in [-0.05, 0) is 57.8 Å². The Morgan fingerprint density at radius 3 is 1.75 bits per heavy atom. The monoisotopic (exact) mass is 701 g/mol. The van der Waals surface area contributed by atoms with E-state index in [1.165, 1.54) is 83.5 Å². The molecule has 0 saturated heterocycles. The molecule has 6 N–H and O–H groups in total. The second-order valence-corrected chi connectivity index (χ2v) is 14.4. The Kier molecular flexibility index (Phi) is 33.2. The first-order chi connectivity index (χ1) is 23.3. The summed E-state index contributed by atoms with van der Waals surface area (Å²) < 4.78 is 22.0. The molecule has 48 heavy (non-hydrogen) atoms. The van der Waals surface area contributed by atoms with Gasteiger partial charge in [-0.25, -0.2) is 4.57 Å². The number of carbonyl (C=O) groups excluding carboxylic acids is 1. The molecule has 0 spiro atoms. The van der Waals surface area contributed by atoms with Crippen LogP contribution in [0.1, 0.15) is 162 Å². The quantitative estimate of drug-likeness (QED) is 0.0250. The van der Waals surface area contributed by atoms with Gasteiger partial charge in [-0.3, -0.25) is 13.8 Å². The first kappa shape index (κ1) is 46.7. The summed E-state index contributed by atoms with van der Waals surface area (Å²) in [6, 6.07) is -0.999. The molecule has 0 heterocycles. The molecule has 0 aliphatic carbocycles. The normalized spacial score (nSPS) is 15.4. The van der Waals surface area contributed by atoms with Gasteiger partial charge in [0.05, 0.1) is 37.9 Å². The summed E-state index contributed by atoms with van der Waals surface area (Å²) in [7, 11) is -4.40. The number of nitrogens with two attached hydrogens (primary N) is 1. The zero-order valence-corrected chi connectivity index (χ0v) is 31.5. The lowest BCUT2D eigenvalue weighted by Crippen LogP contribution is -2.46. The van der Waals surface area contributed by atoms with Crippen LogP contribution in [0, 0.1) is 0 Å². The summed E-state index contributed by atoms with van der Waals surface area (Å²) in [6.07, 6.45) is 35.1. The Hall–Kier alpha value is -1.32. The average molecular weight is 701 g/mol. The standard InChI is InChI=1S/C38H73N2O7P/c1-3-5-7-9-11-13-15-17-19-21-23-25-27-29-35(41)33-38(43)40-36(34-47-48(44,45)46-32-31-39)37(42)30-28-26-24-22-20-18-16-14-12-10-8-6-4-2/h13,15,20,22,28,30,35-37,41-42H,3-12,14,16-19,21,23-27,29,31-34,39H2,1-2H3,(H,40,43)(H,44,45)/b15-13-,22-20+,30-28+. The Morgan fingerprint density at radius 2 is 1.19 bits per heavy atom. The summed E-state index contributed by atoms with van der Waals surface area (Å²) in [5.74, 6) is -0.464. The highest BCUT2D eigenvalue weighted by Gasteiger charge is 2.27. The number of hydrogen-bond acceptors (Lipinski definition) is 7. The second-order valence-electron chi connectivity index (χ2n) is 13.0. The Labute approximate surface area is 293 Å². The molecule has 282 valence electrons. The van der Waals surface area contributed by atoms with Crippen molar-refractivity contribution in [1.29, 1.82) is 0 Å². The van der Waals surface area contributed by atoms with Crippen molar-refractivity contribution in [3.8, 4) is 0 Å². The Morgan fingerprint density at radius 1 is 0.708 bits per heavy atom. The third kappa shape index (κ3) is 31.9. The van der Waals surface area contributed by atoms with Gasteiger partial charge in [0, 0.05) is 6.54 Å². The molecule has 0 aromatic heterocycles. The fraction of sp³-hybridized carbons (Fsp3) is 0.816. The molecule has 0 fully saturated rings. The summed E-state index contributed by atoms with van der Waals surface area (Å²) in [5.41, 5.74) is 5.34. The third-order valence-corrected chi connectivity index (χ3v) is 9.23. The maximum Gasteiger partial charge on any atom is 0.472 e. The maximum atomic E-state index is 12.7. The van der Waals surface area contributed by atoms with E-state index in [9.17, 15) is 24.5 Å². The van der Waals surface area contributed by atoms with Crippen LogP contribution < -0.4 is 11.1 Å². The molecule has 0 saturated carbocycles. The zero-order valence-electron chi connectivity index (χ0n) is 30.6. The maximum absolute atomic E-state index is 12.7. The average Bonchev–Trinajstić information content (AvgIpc) is 3.06. The number of phosphoric acid groups is 1. The van der Waals surface area contributed by atoms with Crippen molar-refractivity contribution in [2.24, 2.45) is 5.73 Å². The lowest BCUT2D eigenvalue weighted by atomic mass is 10.0. The van der Waals surface area contributed by atoms with Crippen LogP contribution in [0.4, 0.5) is 0 Å². The molecular formula is C38H73N2O7P. The van der Waals surface area contributed by atoms with Gasteiger partial charge in [0.1, 0.15) is 0 Å². The molecule has 0 radical (unpaired) electrons. The topological polar surface area (TPSA) is 151 Å². The number of phosphoric ester groups is 1. The van der Waals surface area contributed by atoms with Gasteiger partial charge in [-0.2, -0.15) is 0 Å². The second kappa shape index (κ2) is 34.1. The van der Waals surface area contributed by atoms with Gasteiger partial charge < -0.3 is 26.2 Å². The predicted molar refractivity (Wildman–Crippen MR) is 200 cm³/mol. The highest BCUT2D eigenvalue weighted by Crippen LogP contribution is 2.43. The van der Waals surface area contributed by atoms with E-state index in [2.05, 4.69) is 43.5 Å². The largest absolute Gasteiger partial charge is 0.472 e. The first-order valence-electron chi connectivity index (χ1n) is 19.2. The SMILES string of the molecule is CCCCCC/C=C\CCCCCCCC(O)CC(=O)NC(COP(=O)(O)OCCN)C(O)/C=C/CC/C=C/CCCCCCCCC. The number of unbranched alkanes of at least 4 members (excludes halogenated alkanes) is 17. The molecule has 4 unspecified atom stereocenters. The molecule has 0 bridgehead atoms. The van der Waals surface area contributed by atoms with Crippen molar-refractivity contribution in [3.63, 3.8) is 0 Å². The molecule has 1 amide bonds. The molecule has 4 atom stereocenters. The summed E-state index contributed by atoms with van der Waals surface area (Å²) in [6.45, 7) is 3.89. The van der Waals surface area contributed by atoms with Gasteiger partial charge >= 0.3 is 7.82 Å². The van der Waals surface area contributed by atoms with E-state index < -0.39 is 38.6 Å². The first-order valence-corrected chi connectivity index (χ1v) is 20.7. The fourth-order valence-electron chi connectivity index (χ4n) is 5.30. The van der Waals surface area contributed by atoms with E-state index in [4.69, 9.17) is 14.8 Å². The van der Waals surface area contributed by atoms with Crippen LogP contribution in [0.3, 0.4) is 0 Å². The predicted octanol–water partition coefficient (Wildman–Crippen LogP) is 8.97. The van der Waals surface area contributed by atoms with Gasteiger partial charge in [-0.1, -0.05) is 134 Å². The van der Waals surface area contributed by atoms with Crippen molar-refractivity contribution < 1.29 is 33.5 Å². The molecular weight excluding hydrogens is 627 g/mol. The number of amides is 1. The van der Waals surface area contributed by atoms with Crippen molar-refractivity contribution in [2.75, 3.05) is 19.8 Å². The fourth-order valence-corrected chi connectivity index (χ4v) is 6.06. The zero-order chi connectivity index (χ0) is 35.6. The number of allylic oxidation sites excluding steroid dienone is 5. The van der Waals surface area contributed by atoms with E-state index in [-0.39, 0.29) is 19.6 Å². The summed E-state index contributed by atoms with van der Waals surface area (Å²) in [5, 5.41) is 23.9. The van der Waals surface area contributed by atoms with Gasteiger partial charge in [0.15, 0.2) is 0 Å². The van der Waals surface area contributed by atoms with Crippen molar-refractivity contribution in [2.45, 2.75) is 180 Å². The van der Waals surface area contributed by atoms with Gasteiger partial charge in [-0.15, -0.1) is 0 Å². The number of rotatable bonds is 35. The van der Waals surface area contributed by atoms with E-state index in [1.807, 2.05) is 6.08 Å². The van der Waals surface area contributed by atoms with Crippen molar-refractivity contribution in [1.82, 2.24) is 5.32 Å². The number of carbonyl (C=O) groups is 1. The minimum absolute atomic E-state index is 0.0431. The molecule has 0 aromatic rings. The van der Waals surface area contributed by atoms with Crippen LogP contribution >= 0.6 is 7.82 Å². The smallest absolute Gasteiger partial charge is 0.393 e. The van der Waals surface area contributed by atoms with Crippen LogP contribution in [0.25, 0.3) is 0 Å². The molecule has 10 heteroatoms. The number of nitrogens with one attached hydrogen (secondary N) is 1. The molecule has 0 aliphatic rings. The molecule has 0 aliphatic heterocycles. The minimum Gasteiger partial charge on any atom is -0.393 e. The summed E-state index contributed by atoms with van der Waals surface area (Å²) >= 11 is 0. The summed E-state index contributed by atoms with van der Waals surface area (Å²) in [4.78, 5) is 22.6. The lowest BCUT2D eigenvalue weighted by Gasteiger charge is -2.24. The van der Waals surface area contributed by atoms with E-state index in [0.717, 1.165) is 44.9 Å². The van der Waals surface area contributed by atoms with Crippen LogP contribution in [0.2, 0.25) is 0 Å². The highest BCUT2D eigenvalue weighted by atomic mass is 31.2. The van der Waals surface area contributed by atoms with Gasteiger partial charge in [0.25, 0.3) is 0 Å². The van der Waals surface area contributed by atoms with Crippen LogP contribution in [0.5, 0.6) is 0 Å². The highest BCUT2D eigenvalue weighted by molar-refractivity contribution is 7.47. The van der Waals surface area contributed by atoms with Crippen molar-refractivity contribution in [3.05, 3.63) is 36.5 Å². The number of hydrogen-bond donors (Lipinski definition) is 5. The lowest BCUT2D eigenvalue weighted by molar-refractivity contribution is -0.124. The molecule has 0 aromatic carbocycles. The van der Waals surface area contributed by atoms with E-state index in [1.54, 1.807) is 6.08 Å². The van der Waals surface area contributed by atoms with E-state index in [0.29, 0.717) is 12.8 Å². The van der Waals surface area contributed by atoms with E-state index >= 15 is 0 Å². The molecule has 9 nitrogen and oxygen atoms in total. The Bertz CT molecular complexity index is 868. The van der Waals surface area contributed by atoms with Crippen LogP contribution in [-0.4, -0.2) is 59.0 Å². The number of aliphatic hydroxyl groups excluding tert-OH is 2. The van der Waals surface area contributed by atoms with Gasteiger partial charge in [0.2, 0.25) is 5.91 Å². The minimum atomic E-state index is -4.40. The Balaban J connectivity index is 4.50. The van der Waals surface area contributed by atoms with Crippen LogP contribution in [-0.2, 0) is 18.4 Å². The molecule has 0 rings (SSSR count). The number of aliphatic hydroxyl groups is 2. The van der Waals surface area contributed by atoms with Crippen molar-refractivity contribution >= 4 is 13.7 Å². The third-order valence-electron chi connectivity index (χ3n) is 8.24. The van der Waals surface area contributed by atoms with Crippen LogP contribution in [0.15, 0.2) is 36.5 Å².